The second-order valence-electron chi connectivity index (χ2n) is 6.77. The Labute approximate surface area is 162 Å². The summed E-state index contributed by atoms with van der Waals surface area (Å²) in [5.74, 6) is -0.104. The number of anilines is 1. The first-order chi connectivity index (χ1) is 13.6. The quantitative estimate of drug-likeness (QED) is 0.644. The van der Waals surface area contributed by atoms with Gasteiger partial charge in [-0.2, -0.15) is 0 Å². The van der Waals surface area contributed by atoms with Crippen LogP contribution in [-0.4, -0.2) is 32.1 Å². The maximum absolute atomic E-state index is 12.6. The highest BCUT2D eigenvalue weighted by Crippen LogP contribution is 2.30. The van der Waals surface area contributed by atoms with Crippen LogP contribution in [0.3, 0.4) is 0 Å². The fraction of sp³-hybridized carbons (Fsp3) is 0.273. The van der Waals surface area contributed by atoms with Crippen molar-refractivity contribution in [3.05, 3.63) is 59.4 Å². The van der Waals surface area contributed by atoms with Crippen LogP contribution in [0, 0.1) is 6.92 Å². The van der Waals surface area contributed by atoms with E-state index in [1.807, 2.05) is 24.3 Å². The molecule has 0 saturated heterocycles. The van der Waals surface area contributed by atoms with E-state index in [0.29, 0.717) is 23.4 Å². The lowest BCUT2D eigenvalue weighted by Gasteiger charge is -2.29. The van der Waals surface area contributed by atoms with E-state index in [4.69, 9.17) is 13.9 Å². The van der Waals surface area contributed by atoms with Crippen molar-refractivity contribution < 1.29 is 23.5 Å². The van der Waals surface area contributed by atoms with Crippen LogP contribution < -0.4 is 9.64 Å². The zero-order valence-corrected chi connectivity index (χ0v) is 15.9. The molecule has 0 radical (unpaired) electrons. The fourth-order valence-electron chi connectivity index (χ4n) is 3.59. The van der Waals surface area contributed by atoms with E-state index in [-0.39, 0.29) is 18.3 Å². The van der Waals surface area contributed by atoms with E-state index < -0.39 is 5.97 Å². The van der Waals surface area contributed by atoms with Crippen LogP contribution in [0.5, 0.6) is 5.75 Å². The minimum Gasteiger partial charge on any atom is -0.497 e. The first kappa shape index (κ1) is 18.1. The average molecular weight is 379 g/mol. The molecule has 6 heteroatoms. The molecule has 144 valence electrons. The smallest absolute Gasteiger partial charge is 0.375 e. The molecule has 1 aromatic heterocycles. The summed E-state index contributed by atoms with van der Waals surface area (Å²) in [6.45, 7) is 2.08. The van der Waals surface area contributed by atoms with E-state index in [9.17, 15) is 9.59 Å². The Morgan fingerprint density at radius 2 is 2.00 bits per heavy atom. The number of carbonyl (C=O) groups excluding carboxylic acids is 2. The number of hydrogen-bond donors (Lipinski definition) is 0. The zero-order chi connectivity index (χ0) is 19.7. The second-order valence-corrected chi connectivity index (χ2v) is 6.77. The number of furan rings is 1. The third-order valence-corrected chi connectivity index (χ3v) is 5.07. The Hall–Kier alpha value is -3.28. The Morgan fingerprint density at radius 3 is 2.82 bits per heavy atom. The number of hydrogen-bond acceptors (Lipinski definition) is 5. The zero-order valence-electron chi connectivity index (χ0n) is 15.9. The van der Waals surface area contributed by atoms with Gasteiger partial charge in [-0.25, -0.2) is 4.79 Å². The molecule has 1 aliphatic rings. The lowest BCUT2D eigenvalue weighted by Crippen LogP contribution is -2.38. The van der Waals surface area contributed by atoms with Crippen molar-refractivity contribution in [2.45, 2.75) is 19.8 Å². The van der Waals surface area contributed by atoms with Crippen molar-refractivity contribution in [2.24, 2.45) is 0 Å². The predicted molar refractivity (Wildman–Crippen MR) is 105 cm³/mol. The number of carbonyl (C=O) groups is 2. The minimum atomic E-state index is -0.647. The largest absolute Gasteiger partial charge is 0.497 e. The van der Waals surface area contributed by atoms with Gasteiger partial charge in [0.05, 0.1) is 7.11 Å². The Kier molecular flexibility index (Phi) is 4.77. The third kappa shape index (κ3) is 3.22. The fourth-order valence-corrected chi connectivity index (χ4v) is 3.59. The summed E-state index contributed by atoms with van der Waals surface area (Å²) in [5, 5.41) is 0.780. The molecule has 2 aromatic carbocycles. The SMILES string of the molecule is COc1ccc2oc(C(=O)OCC(=O)N3CCCc4ccccc43)c(C)c2c1. The van der Waals surface area contributed by atoms with Crippen LogP contribution in [0.1, 0.15) is 28.1 Å². The van der Waals surface area contributed by atoms with Gasteiger partial charge in [0.2, 0.25) is 5.76 Å². The lowest BCUT2D eigenvalue weighted by atomic mass is 10.0. The number of benzene rings is 2. The molecule has 0 saturated carbocycles. The first-order valence-electron chi connectivity index (χ1n) is 9.21. The number of esters is 1. The van der Waals surface area contributed by atoms with Crippen molar-refractivity contribution in [1.82, 2.24) is 0 Å². The van der Waals surface area contributed by atoms with Gasteiger partial charge in [-0.1, -0.05) is 18.2 Å². The molecule has 0 fully saturated rings. The number of fused-ring (bicyclic) bond motifs is 2. The molecule has 0 aliphatic carbocycles. The predicted octanol–water partition coefficient (Wildman–Crippen LogP) is 3.89. The molecule has 6 nitrogen and oxygen atoms in total. The monoisotopic (exact) mass is 379 g/mol. The van der Waals surface area contributed by atoms with Crippen LogP contribution >= 0.6 is 0 Å². The van der Waals surface area contributed by atoms with Crippen molar-refractivity contribution in [2.75, 3.05) is 25.2 Å². The van der Waals surface area contributed by atoms with E-state index in [2.05, 4.69) is 0 Å². The van der Waals surface area contributed by atoms with Crippen molar-refractivity contribution in [3.8, 4) is 5.75 Å². The molecule has 0 unspecified atom stereocenters. The second kappa shape index (κ2) is 7.38. The number of amides is 1. The number of ether oxygens (including phenoxy) is 2. The normalized spacial score (nSPS) is 13.3. The van der Waals surface area contributed by atoms with E-state index >= 15 is 0 Å². The highest BCUT2D eigenvalue weighted by atomic mass is 16.5. The Bertz CT molecular complexity index is 1050. The Morgan fingerprint density at radius 1 is 1.18 bits per heavy atom. The summed E-state index contributed by atoms with van der Waals surface area (Å²) in [6, 6.07) is 13.1. The highest BCUT2D eigenvalue weighted by molar-refractivity contribution is 5.99. The number of para-hydroxylation sites is 1. The molecule has 2 heterocycles. The standard InChI is InChI=1S/C22H21NO5/c1-14-17-12-16(26-2)9-10-19(17)28-21(14)22(25)27-13-20(24)23-11-5-7-15-6-3-4-8-18(15)23/h3-4,6,8-10,12H,5,7,11,13H2,1-2H3. The number of rotatable bonds is 4. The maximum atomic E-state index is 12.6. The van der Waals surface area contributed by atoms with Gasteiger partial charge in [0.25, 0.3) is 5.91 Å². The average Bonchev–Trinajstić information content (AvgIpc) is 3.07. The molecule has 0 N–H and O–H groups in total. The highest BCUT2D eigenvalue weighted by Gasteiger charge is 2.25. The molecule has 28 heavy (non-hydrogen) atoms. The molecular formula is C22H21NO5. The summed E-state index contributed by atoms with van der Waals surface area (Å²) < 4.78 is 16.1. The number of methoxy groups -OCH3 is 1. The molecule has 4 rings (SSSR count). The van der Waals surface area contributed by atoms with Gasteiger partial charge in [0.15, 0.2) is 6.61 Å². The summed E-state index contributed by atoms with van der Waals surface area (Å²) >= 11 is 0. The van der Waals surface area contributed by atoms with Gasteiger partial charge < -0.3 is 18.8 Å². The molecule has 0 atom stereocenters. The van der Waals surface area contributed by atoms with E-state index in [1.54, 1.807) is 37.1 Å². The molecule has 0 spiro atoms. The van der Waals surface area contributed by atoms with Crippen LogP contribution in [0.4, 0.5) is 5.69 Å². The molecule has 1 amide bonds. The summed E-state index contributed by atoms with van der Waals surface area (Å²) in [4.78, 5) is 26.8. The summed E-state index contributed by atoms with van der Waals surface area (Å²) in [7, 11) is 1.58. The van der Waals surface area contributed by atoms with Gasteiger partial charge in [-0.3, -0.25) is 4.79 Å². The van der Waals surface area contributed by atoms with Crippen LogP contribution in [0.2, 0.25) is 0 Å². The molecular weight excluding hydrogens is 358 g/mol. The van der Waals surface area contributed by atoms with E-state index in [1.165, 1.54) is 0 Å². The minimum absolute atomic E-state index is 0.107. The van der Waals surface area contributed by atoms with Crippen molar-refractivity contribution in [1.29, 1.82) is 0 Å². The maximum Gasteiger partial charge on any atom is 0.375 e. The van der Waals surface area contributed by atoms with Gasteiger partial charge in [0, 0.05) is 23.2 Å². The van der Waals surface area contributed by atoms with Crippen LogP contribution in [0.15, 0.2) is 46.9 Å². The first-order valence-corrected chi connectivity index (χ1v) is 9.21. The van der Waals surface area contributed by atoms with Gasteiger partial charge in [0.1, 0.15) is 11.3 Å². The molecule has 3 aromatic rings. The van der Waals surface area contributed by atoms with E-state index in [0.717, 1.165) is 29.5 Å². The van der Waals surface area contributed by atoms with Gasteiger partial charge in [-0.05, 0) is 49.6 Å². The topological polar surface area (TPSA) is 69.0 Å². The third-order valence-electron chi connectivity index (χ3n) is 5.07. The van der Waals surface area contributed by atoms with Crippen LogP contribution in [-0.2, 0) is 16.0 Å². The molecule has 0 bridgehead atoms. The van der Waals surface area contributed by atoms with Gasteiger partial charge in [-0.15, -0.1) is 0 Å². The lowest BCUT2D eigenvalue weighted by molar-refractivity contribution is -0.121. The molecule has 1 aliphatic heterocycles. The Balaban J connectivity index is 1.48. The van der Waals surface area contributed by atoms with Crippen molar-refractivity contribution >= 4 is 28.5 Å². The summed E-state index contributed by atoms with van der Waals surface area (Å²) in [6.07, 6.45) is 1.84. The summed E-state index contributed by atoms with van der Waals surface area (Å²) in [5.41, 5.74) is 3.26. The number of nitrogens with zero attached hydrogens (tertiary/aromatic N) is 1. The number of aryl methyl sites for hydroxylation is 2. The van der Waals surface area contributed by atoms with Gasteiger partial charge >= 0.3 is 5.97 Å². The van der Waals surface area contributed by atoms with Crippen LogP contribution in [0.25, 0.3) is 11.0 Å². The van der Waals surface area contributed by atoms with Crippen molar-refractivity contribution in [3.63, 3.8) is 0 Å².